The second kappa shape index (κ2) is 7.76. The molecule has 3 rings (SSSR count). The molecule has 0 aliphatic heterocycles. The third-order valence-electron chi connectivity index (χ3n) is 3.78. The summed E-state index contributed by atoms with van der Waals surface area (Å²) in [6.45, 7) is 0. The molecule has 0 radical (unpaired) electrons. The quantitative estimate of drug-likeness (QED) is 0.353. The number of aromatic nitrogens is 3. The zero-order valence-electron chi connectivity index (χ0n) is 14.0. The van der Waals surface area contributed by atoms with Crippen LogP contribution in [0.2, 0.25) is 5.02 Å². The first kappa shape index (κ1) is 18.2. The van der Waals surface area contributed by atoms with E-state index in [-0.39, 0.29) is 5.69 Å². The second-order valence-corrected chi connectivity index (χ2v) is 6.74. The molecule has 0 saturated heterocycles. The molecule has 0 amide bonds. The van der Waals surface area contributed by atoms with Crippen LogP contribution >= 0.6 is 23.4 Å². The molecule has 9 heteroatoms. The molecule has 3 aromatic rings. The summed E-state index contributed by atoms with van der Waals surface area (Å²) in [4.78, 5) is 10.6. The first-order chi connectivity index (χ1) is 12.5. The van der Waals surface area contributed by atoms with Crippen molar-refractivity contribution in [2.24, 2.45) is 7.05 Å². The highest BCUT2D eigenvalue weighted by Gasteiger charge is 2.16. The van der Waals surface area contributed by atoms with Gasteiger partial charge in [0.05, 0.1) is 17.1 Å². The fraction of sp³-hybridized carbons (Fsp3) is 0.176. The number of halogens is 1. The van der Waals surface area contributed by atoms with Crippen molar-refractivity contribution in [3.8, 4) is 17.1 Å². The molecule has 0 fully saturated rings. The Hall–Kier alpha value is -2.58. The van der Waals surface area contributed by atoms with E-state index in [9.17, 15) is 10.1 Å². The molecule has 0 aliphatic carbocycles. The van der Waals surface area contributed by atoms with Crippen LogP contribution in [0.15, 0.2) is 47.6 Å². The normalized spacial score (nSPS) is 10.7. The molecule has 7 nitrogen and oxygen atoms in total. The Balaban J connectivity index is 1.84. The standard InChI is InChI=1S/C17H15ClN4O3S/c1-21-16(13-5-3-4-6-14(13)18)19-20-17(21)26-10-11-9-12(22(23)24)7-8-15(11)25-2/h3-9H,10H2,1-2H3. The van der Waals surface area contributed by atoms with Crippen LogP contribution in [-0.2, 0) is 12.8 Å². The summed E-state index contributed by atoms with van der Waals surface area (Å²) in [6, 6.07) is 11.9. The van der Waals surface area contributed by atoms with Crippen molar-refractivity contribution in [3.05, 3.63) is 63.2 Å². The third-order valence-corrected chi connectivity index (χ3v) is 5.18. The predicted octanol–water partition coefficient (Wildman–Crippen LogP) is 4.34. The molecule has 0 atom stereocenters. The van der Waals surface area contributed by atoms with Crippen LogP contribution in [0.4, 0.5) is 5.69 Å². The number of hydrogen-bond donors (Lipinski definition) is 0. The Morgan fingerprint density at radius 2 is 2.04 bits per heavy atom. The molecule has 0 spiro atoms. The fourth-order valence-electron chi connectivity index (χ4n) is 2.45. The maximum absolute atomic E-state index is 11.0. The van der Waals surface area contributed by atoms with Crippen LogP contribution in [-0.4, -0.2) is 26.8 Å². The van der Waals surface area contributed by atoms with E-state index >= 15 is 0 Å². The van der Waals surface area contributed by atoms with Crippen LogP contribution in [0.25, 0.3) is 11.4 Å². The van der Waals surface area contributed by atoms with Gasteiger partial charge in [0.1, 0.15) is 5.75 Å². The van der Waals surface area contributed by atoms with Crippen molar-refractivity contribution >= 4 is 29.1 Å². The van der Waals surface area contributed by atoms with E-state index in [4.69, 9.17) is 16.3 Å². The number of ether oxygens (including phenoxy) is 1. The van der Waals surface area contributed by atoms with Crippen LogP contribution in [0, 0.1) is 10.1 Å². The number of non-ortho nitro benzene ring substituents is 1. The Bertz CT molecular complexity index is 961. The summed E-state index contributed by atoms with van der Waals surface area (Å²) in [5, 5.41) is 20.7. The van der Waals surface area contributed by atoms with E-state index in [1.807, 2.05) is 29.8 Å². The van der Waals surface area contributed by atoms with Gasteiger partial charge in [-0.05, 0) is 18.2 Å². The maximum Gasteiger partial charge on any atom is 0.270 e. The molecule has 1 aromatic heterocycles. The average molecular weight is 391 g/mol. The molecule has 26 heavy (non-hydrogen) atoms. The summed E-state index contributed by atoms with van der Waals surface area (Å²) in [7, 11) is 3.39. The summed E-state index contributed by atoms with van der Waals surface area (Å²) in [5.74, 6) is 1.71. The van der Waals surface area contributed by atoms with Gasteiger partial charge in [0, 0.05) is 36.1 Å². The number of nitro groups is 1. The zero-order valence-corrected chi connectivity index (χ0v) is 15.6. The van der Waals surface area contributed by atoms with Crippen molar-refractivity contribution in [2.75, 3.05) is 7.11 Å². The third kappa shape index (κ3) is 3.66. The number of rotatable bonds is 6. The molecule has 0 N–H and O–H groups in total. The van der Waals surface area contributed by atoms with Crippen LogP contribution in [0.5, 0.6) is 5.75 Å². The lowest BCUT2D eigenvalue weighted by atomic mass is 10.2. The van der Waals surface area contributed by atoms with Gasteiger partial charge in [-0.15, -0.1) is 10.2 Å². The lowest BCUT2D eigenvalue weighted by molar-refractivity contribution is -0.384. The summed E-state index contributed by atoms with van der Waals surface area (Å²) >= 11 is 7.65. The SMILES string of the molecule is COc1ccc([N+](=O)[O-])cc1CSc1nnc(-c2ccccc2Cl)n1C. The topological polar surface area (TPSA) is 83.1 Å². The van der Waals surface area contributed by atoms with Gasteiger partial charge in [-0.1, -0.05) is 35.5 Å². The van der Waals surface area contributed by atoms with Crippen molar-refractivity contribution in [2.45, 2.75) is 10.9 Å². The number of nitrogens with zero attached hydrogens (tertiary/aromatic N) is 4. The van der Waals surface area contributed by atoms with Gasteiger partial charge in [-0.25, -0.2) is 0 Å². The van der Waals surface area contributed by atoms with Gasteiger partial charge < -0.3 is 9.30 Å². The minimum atomic E-state index is -0.425. The highest BCUT2D eigenvalue weighted by atomic mass is 35.5. The van der Waals surface area contributed by atoms with Gasteiger partial charge >= 0.3 is 0 Å². The van der Waals surface area contributed by atoms with E-state index in [1.165, 1.54) is 31.0 Å². The van der Waals surface area contributed by atoms with Gasteiger partial charge in [0.15, 0.2) is 11.0 Å². The van der Waals surface area contributed by atoms with Crippen LogP contribution in [0.1, 0.15) is 5.56 Å². The Morgan fingerprint density at radius 1 is 1.27 bits per heavy atom. The molecular weight excluding hydrogens is 376 g/mol. The minimum absolute atomic E-state index is 0.0242. The molecule has 2 aromatic carbocycles. The van der Waals surface area contributed by atoms with E-state index in [2.05, 4.69) is 10.2 Å². The number of methoxy groups -OCH3 is 1. The predicted molar refractivity (Wildman–Crippen MR) is 101 cm³/mol. The zero-order chi connectivity index (χ0) is 18.7. The lowest BCUT2D eigenvalue weighted by Crippen LogP contribution is -1.97. The summed E-state index contributed by atoms with van der Waals surface area (Å²) < 4.78 is 7.14. The van der Waals surface area contributed by atoms with E-state index in [0.717, 1.165) is 5.56 Å². The monoisotopic (exact) mass is 390 g/mol. The molecule has 0 unspecified atom stereocenters. The van der Waals surface area contributed by atoms with Gasteiger partial charge in [0.25, 0.3) is 5.69 Å². The lowest BCUT2D eigenvalue weighted by Gasteiger charge is -2.08. The molecule has 0 bridgehead atoms. The number of nitro benzene ring substituents is 1. The van der Waals surface area contributed by atoms with Gasteiger partial charge in [-0.3, -0.25) is 10.1 Å². The smallest absolute Gasteiger partial charge is 0.270 e. The van der Waals surface area contributed by atoms with Crippen LogP contribution < -0.4 is 4.74 Å². The largest absolute Gasteiger partial charge is 0.496 e. The molecule has 134 valence electrons. The van der Waals surface area contributed by atoms with Crippen molar-refractivity contribution in [3.63, 3.8) is 0 Å². The van der Waals surface area contributed by atoms with Crippen molar-refractivity contribution in [1.29, 1.82) is 0 Å². The molecule has 0 aliphatic rings. The Morgan fingerprint density at radius 3 is 2.73 bits per heavy atom. The average Bonchev–Trinajstić information content (AvgIpc) is 3.00. The second-order valence-electron chi connectivity index (χ2n) is 5.39. The Labute approximate surface area is 159 Å². The van der Waals surface area contributed by atoms with E-state index in [0.29, 0.717) is 33.1 Å². The fourth-order valence-corrected chi connectivity index (χ4v) is 3.56. The van der Waals surface area contributed by atoms with E-state index in [1.54, 1.807) is 12.1 Å². The van der Waals surface area contributed by atoms with Gasteiger partial charge in [-0.2, -0.15) is 0 Å². The summed E-state index contributed by atoms with van der Waals surface area (Å²) in [5.41, 5.74) is 1.54. The highest BCUT2D eigenvalue weighted by Crippen LogP contribution is 2.32. The molecular formula is C17H15ClN4O3S. The number of hydrogen-bond acceptors (Lipinski definition) is 6. The van der Waals surface area contributed by atoms with Crippen molar-refractivity contribution < 1.29 is 9.66 Å². The Kier molecular flexibility index (Phi) is 5.43. The minimum Gasteiger partial charge on any atom is -0.496 e. The van der Waals surface area contributed by atoms with E-state index < -0.39 is 4.92 Å². The summed E-state index contributed by atoms with van der Waals surface area (Å²) in [6.07, 6.45) is 0. The van der Waals surface area contributed by atoms with Gasteiger partial charge in [0.2, 0.25) is 0 Å². The molecule has 1 heterocycles. The first-order valence-electron chi connectivity index (χ1n) is 7.59. The van der Waals surface area contributed by atoms with Crippen molar-refractivity contribution in [1.82, 2.24) is 14.8 Å². The highest BCUT2D eigenvalue weighted by molar-refractivity contribution is 7.98. The van der Waals surface area contributed by atoms with Crippen LogP contribution in [0.3, 0.4) is 0 Å². The first-order valence-corrected chi connectivity index (χ1v) is 8.96. The maximum atomic E-state index is 11.0. The molecule has 0 saturated carbocycles. The number of benzene rings is 2. The number of thioether (sulfide) groups is 1.